The summed E-state index contributed by atoms with van der Waals surface area (Å²) in [6.07, 6.45) is 0. The van der Waals surface area contributed by atoms with Crippen LogP contribution in [-0.4, -0.2) is 37.7 Å². The molecule has 34 heavy (non-hydrogen) atoms. The highest BCUT2D eigenvalue weighted by Crippen LogP contribution is 2.21. The molecule has 0 saturated heterocycles. The van der Waals surface area contributed by atoms with E-state index in [1.54, 1.807) is 88.6 Å². The topological polar surface area (TPSA) is 116 Å². The van der Waals surface area contributed by atoms with Gasteiger partial charge >= 0.3 is 0 Å². The fourth-order valence-corrected chi connectivity index (χ4v) is 3.47. The summed E-state index contributed by atoms with van der Waals surface area (Å²) in [7, 11) is 3.09. The van der Waals surface area contributed by atoms with Gasteiger partial charge in [-0.15, -0.1) is 0 Å². The van der Waals surface area contributed by atoms with Crippen LogP contribution in [0.1, 0.15) is 52.6 Å². The van der Waals surface area contributed by atoms with Crippen LogP contribution in [-0.2, 0) is 0 Å². The molecule has 0 aliphatic carbocycles. The summed E-state index contributed by atoms with van der Waals surface area (Å²) in [5.41, 5.74) is 4.03. The fourth-order valence-electron chi connectivity index (χ4n) is 3.47. The van der Waals surface area contributed by atoms with E-state index in [9.17, 15) is 19.2 Å². The first-order valence-electron chi connectivity index (χ1n) is 10.6. The molecule has 0 aliphatic heterocycles. The normalized spacial score (nSPS) is 10.2. The SMILES string of the molecule is CNC(=O)c1cccc(NC(=O)c2ccc(C(=O)Nc3cccc(C(=O)NC)c3C)cc2)c1C. The fraction of sp³-hybridized carbons (Fsp3) is 0.154. The number of hydrogen-bond donors (Lipinski definition) is 4. The minimum absolute atomic E-state index is 0.236. The third-order valence-electron chi connectivity index (χ3n) is 5.52. The summed E-state index contributed by atoms with van der Waals surface area (Å²) in [5.74, 6) is -1.20. The lowest BCUT2D eigenvalue weighted by Gasteiger charge is -2.13. The molecule has 0 aliphatic rings. The van der Waals surface area contributed by atoms with E-state index in [-0.39, 0.29) is 23.6 Å². The molecule has 0 atom stereocenters. The molecule has 0 unspecified atom stereocenters. The lowest BCUT2D eigenvalue weighted by Crippen LogP contribution is -2.20. The summed E-state index contributed by atoms with van der Waals surface area (Å²) in [6, 6.07) is 16.4. The van der Waals surface area contributed by atoms with Crippen molar-refractivity contribution in [2.45, 2.75) is 13.8 Å². The lowest BCUT2D eigenvalue weighted by atomic mass is 10.0. The largest absolute Gasteiger partial charge is 0.355 e. The summed E-state index contributed by atoms with van der Waals surface area (Å²) in [5, 5.41) is 10.8. The Morgan fingerprint density at radius 1 is 0.529 bits per heavy atom. The zero-order valence-corrected chi connectivity index (χ0v) is 19.4. The number of benzene rings is 3. The van der Waals surface area contributed by atoms with Gasteiger partial charge in [0.2, 0.25) is 0 Å². The summed E-state index contributed by atoms with van der Waals surface area (Å²) in [4.78, 5) is 49.4. The van der Waals surface area contributed by atoms with Crippen LogP contribution in [0.5, 0.6) is 0 Å². The molecular formula is C26H26N4O4. The third-order valence-corrected chi connectivity index (χ3v) is 5.52. The number of rotatable bonds is 6. The van der Waals surface area contributed by atoms with E-state index in [2.05, 4.69) is 21.3 Å². The van der Waals surface area contributed by atoms with E-state index >= 15 is 0 Å². The van der Waals surface area contributed by atoms with Gasteiger partial charge in [-0.3, -0.25) is 19.2 Å². The van der Waals surface area contributed by atoms with Gasteiger partial charge in [-0.25, -0.2) is 0 Å². The lowest BCUT2D eigenvalue weighted by molar-refractivity contribution is 0.0954. The second kappa shape index (κ2) is 10.4. The molecule has 4 amide bonds. The quantitative estimate of drug-likeness (QED) is 0.452. The van der Waals surface area contributed by atoms with Gasteiger partial charge in [0, 0.05) is 47.7 Å². The van der Waals surface area contributed by atoms with Gasteiger partial charge in [-0.1, -0.05) is 12.1 Å². The highest BCUT2D eigenvalue weighted by molar-refractivity contribution is 6.08. The van der Waals surface area contributed by atoms with E-state index < -0.39 is 0 Å². The smallest absolute Gasteiger partial charge is 0.255 e. The van der Waals surface area contributed by atoms with Crippen molar-refractivity contribution in [2.75, 3.05) is 24.7 Å². The number of amides is 4. The van der Waals surface area contributed by atoms with Crippen LogP contribution in [0.4, 0.5) is 11.4 Å². The van der Waals surface area contributed by atoms with Crippen molar-refractivity contribution < 1.29 is 19.2 Å². The number of carbonyl (C=O) groups is 4. The van der Waals surface area contributed by atoms with Gasteiger partial charge in [-0.05, 0) is 73.5 Å². The van der Waals surface area contributed by atoms with Gasteiger partial charge in [0.25, 0.3) is 23.6 Å². The van der Waals surface area contributed by atoms with Crippen LogP contribution in [0.25, 0.3) is 0 Å². The molecule has 3 aromatic rings. The first kappa shape index (κ1) is 24.2. The predicted molar refractivity (Wildman–Crippen MR) is 131 cm³/mol. The van der Waals surface area contributed by atoms with Gasteiger partial charge in [0.05, 0.1) is 0 Å². The Balaban J connectivity index is 1.73. The number of nitrogens with one attached hydrogen (secondary N) is 4. The van der Waals surface area contributed by atoms with Crippen LogP contribution in [0.15, 0.2) is 60.7 Å². The average molecular weight is 459 g/mol. The van der Waals surface area contributed by atoms with Gasteiger partial charge in [0.1, 0.15) is 0 Å². The zero-order chi connectivity index (χ0) is 24.8. The highest BCUT2D eigenvalue weighted by Gasteiger charge is 2.15. The van der Waals surface area contributed by atoms with Crippen molar-refractivity contribution in [2.24, 2.45) is 0 Å². The van der Waals surface area contributed by atoms with Gasteiger partial charge in [0.15, 0.2) is 0 Å². The number of anilines is 2. The number of hydrogen-bond acceptors (Lipinski definition) is 4. The molecular weight excluding hydrogens is 432 g/mol. The number of carbonyl (C=O) groups excluding carboxylic acids is 4. The molecule has 3 aromatic carbocycles. The first-order valence-corrected chi connectivity index (χ1v) is 10.6. The van der Waals surface area contributed by atoms with Crippen LogP contribution in [0.3, 0.4) is 0 Å². The molecule has 8 heteroatoms. The van der Waals surface area contributed by atoms with Crippen molar-refractivity contribution in [1.82, 2.24) is 10.6 Å². The Hall–Kier alpha value is -4.46. The Morgan fingerprint density at radius 3 is 1.21 bits per heavy atom. The maximum atomic E-state index is 12.7. The molecule has 0 aromatic heterocycles. The van der Waals surface area contributed by atoms with Crippen molar-refractivity contribution in [3.05, 3.63) is 94.0 Å². The summed E-state index contributed by atoms with van der Waals surface area (Å²) >= 11 is 0. The van der Waals surface area contributed by atoms with E-state index in [1.165, 1.54) is 0 Å². The van der Waals surface area contributed by atoms with Crippen LogP contribution in [0.2, 0.25) is 0 Å². The summed E-state index contributed by atoms with van der Waals surface area (Å²) < 4.78 is 0. The zero-order valence-electron chi connectivity index (χ0n) is 19.4. The minimum Gasteiger partial charge on any atom is -0.355 e. The van der Waals surface area contributed by atoms with Crippen LogP contribution in [0, 0.1) is 13.8 Å². The Kier molecular flexibility index (Phi) is 7.43. The predicted octanol–water partition coefficient (Wildman–Crippen LogP) is 3.53. The van der Waals surface area contributed by atoms with Crippen molar-refractivity contribution in [3.8, 4) is 0 Å². The first-order chi connectivity index (χ1) is 16.3. The average Bonchev–Trinajstić information content (AvgIpc) is 2.85. The molecule has 0 saturated carbocycles. The molecule has 174 valence electrons. The van der Waals surface area contributed by atoms with Gasteiger partial charge < -0.3 is 21.3 Å². The Morgan fingerprint density at radius 2 is 0.882 bits per heavy atom. The van der Waals surface area contributed by atoms with Gasteiger partial charge in [-0.2, -0.15) is 0 Å². The van der Waals surface area contributed by atoms with E-state index in [1.807, 2.05) is 0 Å². The second-order valence-electron chi connectivity index (χ2n) is 7.60. The monoisotopic (exact) mass is 458 g/mol. The minimum atomic E-state index is -0.363. The van der Waals surface area contributed by atoms with Crippen molar-refractivity contribution >= 4 is 35.0 Å². The molecule has 8 nitrogen and oxygen atoms in total. The molecule has 0 heterocycles. The molecule has 4 N–H and O–H groups in total. The Bertz CT molecular complexity index is 1170. The van der Waals surface area contributed by atoms with E-state index in [4.69, 9.17) is 0 Å². The Labute approximate surface area is 197 Å². The third kappa shape index (κ3) is 5.12. The van der Waals surface area contributed by atoms with Crippen molar-refractivity contribution in [1.29, 1.82) is 0 Å². The standard InChI is InChI=1S/C26H26N4O4/c1-15-19(25(33)27-3)7-5-9-21(15)29-23(31)17-11-13-18(14-12-17)24(32)30-22-10-6-8-20(16(22)2)26(34)28-4/h5-14H,1-4H3,(H,27,33)(H,28,34)(H,29,31)(H,30,32). The van der Waals surface area contributed by atoms with Crippen LogP contribution < -0.4 is 21.3 Å². The molecule has 3 rings (SSSR count). The van der Waals surface area contributed by atoms with E-state index in [0.29, 0.717) is 44.8 Å². The van der Waals surface area contributed by atoms with E-state index in [0.717, 1.165) is 0 Å². The maximum absolute atomic E-state index is 12.7. The van der Waals surface area contributed by atoms with Crippen LogP contribution >= 0.6 is 0 Å². The highest BCUT2D eigenvalue weighted by atomic mass is 16.2. The molecule has 0 fully saturated rings. The molecule has 0 radical (unpaired) electrons. The summed E-state index contributed by atoms with van der Waals surface area (Å²) in [6.45, 7) is 3.52. The van der Waals surface area contributed by atoms with Crippen molar-refractivity contribution in [3.63, 3.8) is 0 Å². The molecule has 0 bridgehead atoms. The molecule has 0 spiro atoms. The second-order valence-corrected chi connectivity index (χ2v) is 7.60. The maximum Gasteiger partial charge on any atom is 0.255 e.